The van der Waals surface area contributed by atoms with Crippen LogP contribution in [0.4, 0.5) is 5.69 Å². The van der Waals surface area contributed by atoms with E-state index in [-0.39, 0.29) is 0 Å². The quantitative estimate of drug-likeness (QED) is 0.832. The molecule has 0 bridgehead atoms. The highest BCUT2D eigenvalue weighted by Crippen LogP contribution is 2.30. The van der Waals surface area contributed by atoms with Crippen molar-refractivity contribution in [2.45, 2.75) is 38.0 Å². The van der Waals surface area contributed by atoms with E-state index in [1.165, 1.54) is 12.8 Å². The van der Waals surface area contributed by atoms with Crippen molar-refractivity contribution < 1.29 is 8.42 Å². The van der Waals surface area contributed by atoms with Crippen LogP contribution in [0.2, 0.25) is 0 Å². The smallest absolute Gasteiger partial charge is 0.240 e. The lowest BCUT2D eigenvalue weighted by Gasteiger charge is -2.16. The fourth-order valence-corrected chi connectivity index (χ4v) is 4.11. The van der Waals surface area contributed by atoms with Crippen LogP contribution < -0.4 is 10.5 Å². The summed E-state index contributed by atoms with van der Waals surface area (Å²) in [6.45, 7) is 4.50. The summed E-state index contributed by atoms with van der Waals surface area (Å²) in [5.41, 5.74) is 6.92. The van der Waals surface area contributed by atoms with Crippen LogP contribution in [0.25, 0.3) is 0 Å². The van der Waals surface area contributed by atoms with Crippen LogP contribution in [-0.2, 0) is 10.0 Å². The average molecular weight is 282 g/mol. The van der Waals surface area contributed by atoms with Gasteiger partial charge in [-0.25, -0.2) is 13.1 Å². The van der Waals surface area contributed by atoms with Crippen molar-refractivity contribution in [3.05, 3.63) is 23.8 Å². The molecule has 2 rings (SSSR count). The first-order chi connectivity index (χ1) is 8.90. The highest BCUT2D eigenvalue weighted by Gasteiger charge is 2.25. The van der Waals surface area contributed by atoms with Crippen LogP contribution in [0.15, 0.2) is 23.1 Å². The normalized spacial score (nSPS) is 23.7. The van der Waals surface area contributed by atoms with Gasteiger partial charge in [-0.2, -0.15) is 0 Å². The van der Waals surface area contributed by atoms with Crippen LogP contribution in [0.5, 0.6) is 0 Å². The topological polar surface area (TPSA) is 72.2 Å². The van der Waals surface area contributed by atoms with Crippen molar-refractivity contribution in [1.82, 2.24) is 4.72 Å². The zero-order chi connectivity index (χ0) is 14.0. The maximum atomic E-state index is 12.3. The van der Waals surface area contributed by atoms with E-state index in [9.17, 15) is 8.42 Å². The summed E-state index contributed by atoms with van der Waals surface area (Å²) in [6.07, 6.45) is 3.52. The van der Waals surface area contributed by atoms with Gasteiger partial charge in [-0.05, 0) is 48.9 Å². The summed E-state index contributed by atoms with van der Waals surface area (Å²) in [4.78, 5) is 0.326. The standard InChI is InChI=1S/C14H22N2O2S/c1-10-4-3-5-12(10)9-16-19(17,18)14-7-6-13(15)8-11(14)2/h6-8,10,12,16H,3-5,9,15H2,1-2H3. The largest absolute Gasteiger partial charge is 0.399 e. The molecule has 1 aromatic rings. The Labute approximate surface area is 115 Å². The molecule has 4 nitrogen and oxygen atoms in total. The number of hydrogen-bond donors (Lipinski definition) is 2. The molecule has 3 N–H and O–H groups in total. The fraction of sp³-hybridized carbons (Fsp3) is 0.571. The van der Waals surface area contributed by atoms with E-state index in [4.69, 9.17) is 5.73 Å². The van der Waals surface area contributed by atoms with Gasteiger partial charge in [0, 0.05) is 12.2 Å². The summed E-state index contributed by atoms with van der Waals surface area (Å²) in [5, 5.41) is 0. The molecule has 1 aliphatic rings. The Morgan fingerprint density at radius 1 is 1.37 bits per heavy atom. The number of nitrogens with one attached hydrogen (secondary N) is 1. The number of nitrogen functional groups attached to an aromatic ring is 1. The van der Waals surface area contributed by atoms with Crippen LogP contribution in [-0.4, -0.2) is 15.0 Å². The number of hydrogen-bond acceptors (Lipinski definition) is 3. The van der Waals surface area contributed by atoms with Gasteiger partial charge in [0.2, 0.25) is 10.0 Å². The first kappa shape index (κ1) is 14.3. The van der Waals surface area contributed by atoms with E-state index in [2.05, 4.69) is 11.6 Å². The molecule has 0 radical (unpaired) electrons. The maximum Gasteiger partial charge on any atom is 0.240 e. The third-order valence-corrected chi connectivity index (χ3v) is 5.65. The second-order valence-electron chi connectivity index (χ2n) is 5.55. The lowest BCUT2D eigenvalue weighted by molar-refractivity contribution is 0.414. The molecule has 19 heavy (non-hydrogen) atoms. The Hall–Kier alpha value is -1.07. The molecule has 106 valence electrons. The monoisotopic (exact) mass is 282 g/mol. The molecule has 1 saturated carbocycles. The average Bonchev–Trinajstić information content (AvgIpc) is 2.72. The SMILES string of the molecule is Cc1cc(N)ccc1S(=O)(=O)NCC1CCCC1C. The van der Waals surface area contributed by atoms with Crippen molar-refractivity contribution in [3.63, 3.8) is 0 Å². The minimum atomic E-state index is -3.42. The summed E-state index contributed by atoms with van der Waals surface area (Å²) >= 11 is 0. The Morgan fingerprint density at radius 3 is 2.68 bits per heavy atom. The number of anilines is 1. The first-order valence-corrected chi connectivity index (χ1v) is 8.24. The molecule has 1 aliphatic carbocycles. The number of nitrogens with two attached hydrogens (primary N) is 1. The van der Waals surface area contributed by atoms with E-state index in [0.717, 1.165) is 6.42 Å². The molecule has 5 heteroatoms. The lowest BCUT2D eigenvalue weighted by atomic mass is 9.99. The first-order valence-electron chi connectivity index (χ1n) is 6.76. The van der Waals surface area contributed by atoms with Gasteiger partial charge in [0.1, 0.15) is 0 Å². The summed E-state index contributed by atoms with van der Waals surface area (Å²) in [5.74, 6) is 1.07. The number of aryl methyl sites for hydroxylation is 1. The molecule has 2 atom stereocenters. The summed E-state index contributed by atoms with van der Waals surface area (Å²) in [7, 11) is -3.42. The predicted molar refractivity (Wildman–Crippen MR) is 77.3 cm³/mol. The van der Waals surface area contributed by atoms with Gasteiger partial charge in [-0.15, -0.1) is 0 Å². The molecule has 1 aromatic carbocycles. The molecule has 1 fully saturated rings. The highest BCUT2D eigenvalue weighted by atomic mass is 32.2. The summed E-state index contributed by atoms with van der Waals surface area (Å²) in [6, 6.07) is 4.89. The Morgan fingerprint density at radius 2 is 2.11 bits per heavy atom. The van der Waals surface area contributed by atoms with Crippen LogP contribution in [0.3, 0.4) is 0 Å². The molecule has 0 aromatic heterocycles. The number of benzene rings is 1. The van der Waals surface area contributed by atoms with Gasteiger partial charge in [-0.3, -0.25) is 0 Å². The zero-order valence-corrected chi connectivity index (χ0v) is 12.3. The second kappa shape index (κ2) is 5.51. The van der Waals surface area contributed by atoms with E-state index >= 15 is 0 Å². The Bertz CT molecular complexity index is 555. The number of rotatable bonds is 4. The fourth-order valence-electron chi connectivity index (χ4n) is 2.79. The van der Waals surface area contributed by atoms with Crippen LogP contribution in [0.1, 0.15) is 31.7 Å². The molecule has 0 heterocycles. The van der Waals surface area contributed by atoms with Gasteiger partial charge in [0.25, 0.3) is 0 Å². The van der Waals surface area contributed by atoms with Crippen LogP contribution >= 0.6 is 0 Å². The Balaban J connectivity index is 2.09. The van der Waals surface area contributed by atoms with E-state index in [1.807, 2.05) is 0 Å². The molecule has 0 saturated heterocycles. The molecule has 2 unspecified atom stereocenters. The van der Waals surface area contributed by atoms with Gasteiger partial charge in [0.15, 0.2) is 0 Å². The van der Waals surface area contributed by atoms with E-state index < -0.39 is 10.0 Å². The second-order valence-corrected chi connectivity index (χ2v) is 7.28. The Kier molecular flexibility index (Phi) is 4.16. The van der Waals surface area contributed by atoms with Gasteiger partial charge < -0.3 is 5.73 Å². The zero-order valence-electron chi connectivity index (χ0n) is 11.5. The van der Waals surface area contributed by atoms with Crippen molar-refractivity contribution in [3.8, 4) is 0 Å². The number of sulfonamides is 1. The van der Waals surface area contributed by atoms with Crippen molar-refractivity contribution in [1.29, 1.82) is 0 Å². The van der Waals surface area contributed by atoms with Gasteiger partial charge >= 0.3 is 0 Å². The highest BCUT2D eigenvalue weighted by molar-refractivity contribution is 7.89. The predicted octanol–water partition coefficient (Wildman–Crippen LogP) is 2.29. The van der Waals surface area contributed by atoms with Gasteiger partial charge in [-0.1, -0.05) is 19.8 Å². The molecule has 0 aliphatic heterocycles. The third-order valence-electron chi connectivity index (χ3n) is 4.06. The van der Waals surface area contributed by atoms with Crippen LogP contribution in [0, 0.1) is 18.8 Å². The van der Waals surface area contributed by atoms with Crippen molar-refractivity contribution in [2.24, 2.45) is 11.8 Å². The van der Waals surface area contributed by atoms with Crippen molar-refractivity contribution >= 4 is 15.7 Å². The molecular weight excluding hydrogens is 260 g/mol. The summed E-state index contributed by atoms with van der Waals surface area (Å²) < 4.78 is 27.3. The molecule has 0 amide bonds. The van der Waals surface area contributed by atoms with Gasteiger partial charge in [0.05, 0.1) is 4.90 Å². The molecular formula is C14H22N2O2S. The maximum absolute atomic E-state index is 12.3. The van der Waals surface area contributed by atoms with E-state index in [0.29, 0.717) is 34.5 Å². The van der Waals surface area contributed by atoms with Crippen molar-refractivity contribution in [2.75, 3.05) is 12.3 Å². The minimum Gasteiger partial charge on any atom is -0.399 e. The third kappa shape index (κ3) is 3.28. The minimum absolute atomic E-state index is 0.326. The lowest BCUT2D eigenvalue weighted by Crippen LogP contribution is -2.30. The molecule has 0 spiro atoms. The van der Waals surface area contributed by atoms with E-state index in [1.54, 1.807) is 25.1 Å².